The molecule has 0 radical (unpaired) electrons. The van der Waals surface area contributed by atoms with Crippen LogP contribution in [0.25, 0.3) is 0 Å². The quantitative estimate of drug-likeness (QED) is 0.375. The van der Waals surface area contributed by atoms with Gasteiger partial charge in [-0.05, 0) is 13.3 Å². The number of hydrogen-bond acceptors (Lipinski definition) is 4. The topological polar surface area (TPSA) is 44.8 Å². The standard InChI is InChI=1S/C9H17O4P/c1-5-6-7-8-9(2)13-14(10,11-3)12-4/h5-6H,2,7-8H2,1,3-4H3. The fourth-order valence-corrected chi connectivity index (χ4v) is 1.47. The minimum Gasteiger partial charge on any atom is -0.409 e. The van der Waals surface area contributed by atoms with Crippen molar-refractivity contribution in [3.63, 3.8) is 0 Å². The molecule has 0 aliphatic carbocycles. The molecule has 0 unspecified atom stereocenters. The molecule has 0 saturated carbocycles. The molecule has 0 aromatic carbocycles. The first-order valence-electron chi connectivity index (χ1n) is 4.28. The monoisotopic (exact) mass is 220 g/mol. The Kier molecular flexibility index (Phi) is 6.54. The molecule has 4 nitrogen and oxygen atoms in total. The van der Waals surface area contributed by atoms with Crippen LogP contribution in [-0.4, -0.2) is 14.2 Å². The van der Waals surface area contributed by atoms with Gasteiger partial charge in [-0.3, -0.25) is 9.05 Å². The minimum atomic E-state index is -3.41. The molecule has 0 rings (SSSR count). The third kappa shape index (κ3) is 5.22. The number of phosphoric acid groups is 1. The van der Waals surface area contributed by atoms with Crippen molar-refractivity contribution in [2.45, 2.75) is 19.8 Å². The molecule has 0 N–H and O–H groups in total. The fourth-order valence-electron chi connectivity index (χ4n) is 0.764. The van der Waals surface area contributed by atoms with E-state index in [-0.39, 0.29) is 0 Å². The van der Waals surface area contributed by atoms with Crippen LogP contribution in [-0.2, 0) is 18.1 Å². The van der Waals surface area contributed by atoms with E-state index >= 15 is 0 Å². The zero-order valence-electron chi connectivity index (χ0n) is 8.86. The van der Waals surface area contributed by atoms with Gasteiger partial charge in [-0.25, -0.2) is 4.57 Å². The summed E-state index contributed by atoms with van der Waals surface area (Å²) in [4.78, 5) is 0. The lowest BCUT2D eigenvalue weighted by Crippen LogP contribution is -1.94. The van der Waals surface area contributed by atoms with Crippen LogP contribution >= 0.6 is 7.82 Å². The van der Waals surface area contributed by atoms with Crippen molar-refractivity contribution in [2.24, 2.45) is 0 Å². The second-order valence-corrected chi connectivity index (χ2v) is 4.36. The van der Waals surface area contributed by atoms with E-state index in [0.29, 0.717) is 12.2 Å². The van der Waals surface area contributed by atoms with Crippen LogP contribution < -0.4 is 0 Å². The molecule has 0 amide bonds. The zero-order chi connectivity index (χ0) is 11.0. The van der Waals surface area contributed by atoms with Crippen LogP contribution in [0.5, 0.6) is 0 Å². The van der Waals surface area contributed by atoms with E-state index in [9.17, 15) is 4.57 Å². The van der Waals surface area contributed by atoms with Gasteiger partial charge in [0.05, 0.1) is 0 Å². The number of phosphoric ester groups is 1. The Morgan fingerprint density at radius 1 is 1.43 bits per heavy atom. The van der Waals surface area contributed by atoms with Crippen molar-refractivity contribution in [1.82, 2.24) is 0 Å². The van der Waals surface area contributed by atoms with Crippen molar-refractivity contribution in [3.8, 4) is 0 Å². The van der Waals surface area contributed by atoms with Crippen molar-refractivity contribution in [1.29, 1.82) is 0 Å². The number of allylic oxidation sites excluding steroid dienone is 3. The predicted molar refractivity (Wildman–Crippen MR) is 55.9 cm³/mol. The third-order valence-corrected chi connectivity index (χ3v) is 2.89. The molecular weight excluding hydrogens is 203 g/mol. The first-order valence-corrected chi connectivity index (χ1v) is 5.74. The van der Waals surface area contributed by atoms with Crippen LogP contribution in [0.3, 0.4) is 0 Å². The summed E-state index contributed by atoms with van der Waals surface area (Å²) in [5.74, 6) is 0.398. The summed E-state index contributed by atoms with van der Waals surface area (Å²) >= 11 is 0. The highest BCUT2D eigenvalue weighted by Crippen LogP contribution is 2.49. The van der Waals surface area contributed by atoms with E-state index in [0.717, 1.165) is 6.42 Å². The molecule has 0 fully saturated rings. The lowest BCUT2D eigenvalue weighted by atomic mass is 10.3. The van der Waals surface area contributed by atoms with Gasteiger partial charge in [0.2, 0.25) is 0 Å². The second-order valence-electron chi connectivity index (χ2n) is 2.55. The van der Waals surface area contributed by atoms with E-state index in [1.165, 1.54) is 14.2 Å². The van der Waals surface area contributed by atoms with E-state index in [1.54, 1.807) is 0 Å². The molecule has 0 aromatic rings. The Morgan fingerprint density at radius 2 is 2.00 bits per heavy atom. The Morgan fingerprint density at radius 3 is 2.43 bits per heavy atom. The van der Waals surface area contributed by atoms with Crippen molar-refractivity contribution >= 4 is 7.82 Å². The van der Waals surface area contributed by atoms with E-state index in [1.807, 2.05) is 19.1 Å². The van der Waals surface area contributed by atoms with Gasteiger partial charge in [0, 0.05) is 20.6 Å². The van der Waals surface area contributed by atoms with E-state index in [4.69, 9.17) is 4.52 Å². The number of hydrogen-bond donors (Lipinski definition) is 0. The Bertz CT molecular complexity index is 239. The summed E-state index contributed by atoms with van der Waals surface area (Å²) in [6.07, 6.45) is 5.29. The largest absolute Gasteiger partial charge is 0.529 e. The first kappa shape index (κ1) is 13.4. The molecule has 0 saturated heterocycles. The maximum absolute atomic E-state index is 11.4. The number of rotatable bonds is 7. The summed E-state index contributed by atoms with van der Waals surface area (Å²) in [5, 5.41) is 0. The van der Waals surface area contributed by atoms with Gasteiger partial charge < -0.3 is 4.52 Å². The van der Waals surface area contributed by atoms with Gasteiger partial charge in [-0.15, -0.1) is 0 Å². The lowest BCUT2D eigenvalue weighted by Gasteiger charge is -2.15. The maximum atomic E-state index is 11.4. The van der Waals surface area contributed by atoms with Crippen LogP contribution in [0.1, 0.15) is 19.8 Å². The minimum absolute atomic E-state index is 0.398. The van der Waals surface area contributed by atoms with E-state index < -0.39 is 7.82 Å². The fraction of sp³-hybridized carbons (Fsp3) is 0.556. The Hall–Kier alpha value is -0.570. The van der Waals surface area contributed by atoms with Crippen molar-refractivity contribution in [2.75, 3.05) is 14.2 Å². The van der Waals surface area contributed by atoms with Gasteiger partial charge >= 0.3 is 7.82 Å². The first-order chi connectivity index (χ1) is 6.58. The van der Waals surface area contributed by atoms with Crippen LogP contribution in [0, 0.1) is 0 Å². The lowest BCUT2D eigenvalue weighted by molar-refractivity contribution is 0.180. The van der Waals surface area contributed by atoms with Gasteiger partial charge in [0.25, 0.3) is 0 Å². The molecule has 0 heterocycles. The summed E-state index contributed by atoms with van der Waals surface area (Å²) in [5.41, 5.74) is 0. The average Bonchev–Trinajstić information content (AvgIpc) is 2.18. The highest BCUT2D eigenvalue weighted by atomic mass is 31.2. The summed E-state index contributed by atoms with van der Waals surface area (Å²) in [6, 6.07) is 0. The van der Waals surface area contributed by atoms with Gasteiger partial charge in [0.1, 0.15) is 5.76 Å². The second kappa shape index (κ2) is 6.82. The molecule has 14 heavy (non-hydrogen) atoms. The SMILES string of the molecule is C=C(CCC=CC)OP(=O)(OC)OC. The molecule has 0 aliphatic rings. The Labute approximate surface area is 85.2 Å². The average molecular weight is 220 g/mol. The third-order valence-electron chi connectivity index (χ3n) is 1.51. The molecule has 0 atom stereocenters. The smallest absolute Gasteiger partial charge is 0.409 e. The summed E-state index contributed by atoms with van der Waals surface area (Å²) in [6.45, 7) is 5.55. The maximum Gasteiger partial charge on any atom is 0.529 e. The molecule has 0 spiro atoms. The van der Waals surface area contributed by atoms with Crippen LogP contribution in [0.2, 0.25) is 0 Å². The predicted octanol–water partition coefficient (Wildman–Crippen LogP) is 3.27. The molecule has 0 aliphatic heterocycles. The summed E-state index contributed by atoms with van der Waals surface area (Å²) in [7, 11) is -0.875. The van der Waals surface area contributed by atoms with Gasteiger partial charge in [-0.1, -0.05) is 18.7 Å². The highest BCUT2D eigenvalue weighted by molar-refractivity contribution is 7.48. The van der Waals surface area contributed by atoms with E-state index in [2.05, 4.69) is 15.6 Å². The van der Waals surface area contributed by atoms with Crippen LogP contribution in [0.4, 0.5) is 0 Å². The normalized spacial score (nSPS) is 11.9. The Balaban J connectivity index is 3.98. The zero-order valence-corrected chi connectivity index (χ0v) is 9.75. The summed E-state index contributed by atoms with van der Waals surface area (Å²) < 4.78 is 25.6. The van der Waals surface area contributed by atoms with Gasteiger partial charge in [0.15, 0.2) is 0 Å². The van der Waals surface area contributed by atoms with Crippen LogP contribution in [0.15, 0.2) is 24.5 Å². The molecule has 0 bridgehead atoms. The highest BCUT2D eigenvalue weighted by Gasteiger charge is 2.24. The van der Waals surface area contributed by atoms with Crippen molar-refractivity contribution < 1.29 is 18.1 Å². The molecule has 82 valence electrons. The van der Waals surface area contributed by atoms with Gasteiger partial charge in [-0.2, -0.15) is 0 Å². The molecular formula is C9H17O4P. The molecule has 5 heteroatoms. The van der Waals surface area contributed by atoms with Crippen molar-refractivity contribution in [3.05, 3.63) is 24.5 Å². The molecule has 0 aromatic heterocycles.